The van der Waals surface area contributed by atoms with Crippen molar-refractivity contribution >= 4 is 5.95 Å². The second-order valence-corrected chi connectivity index (χ2v) is 7.23. The Morgan fingerprint density at radius 1 is 1.28 bits per heavy atom. The quantitative estimate of drug-likeness (QED) is 0.638. The van der Waals surface area contributed by atoms with Gasteiger partial charge < -0.3 is 15.3 Å². The molecule has 10 heteroatoms. The summed E-state index contributed by atoms with van der Waals surface area (Å²) < 4.78 is 16.3. The minimum atomic E-state index is -1.05. The molecule has 2 aromatic heterocycles. The molecular weight excluding hydrogens is 375 g/mol. The highest BCUT2D eigenvalue weighted by Gasteiger charge is 2.41. The van der Waals surface area contributed by atoms with Crippen LogP contribution in [-0.2, 0) is 0 Å². The van der Waals surface area contributed by atoms with E-state index in [1.807, 2.05) is 12.2 Å². The molecule has 148 valence electrons. The number of alkyl halides is 1. The van der Waals surface area contributed by atoms with E-state index in [1.54, 1.807) is 47.2 Å². The number of aromatic nitrogens is 6. The summed E-state index contributed by atoms with van der Waals surface area (Å²) in [4.78, 5) is 6.09. The second kappa shape index (κ2) is 6.89. The van der Waals surface area contributed by atoms with Crippen molar-refractivity contribution in [1.82, 2.24) is 35.5 Å². The van der Waals surface area contributed by atoms with Crippen LogP contribution in [0.2, 0.25) is 0 Å². The first-order chi connectivity index (χ1) is 14.1. The highest BCUT2D eigenvalue weighted by atomic mass is 19.1. The molecule has 4 heterocycles. The van der Waals surface area contributed by atoms with Gasteiger partial charge in [-0.15, -0.1) is 15.3 Å². The van der Waals surface area contributed by atoms with Gasteiger partial charge in [0.15, 0.2) is 0 Å². The second-order valence-electron chi connectivity index (χ2n) is 7.23. The molecule has 2 aliphatic heterocycles. The maximum atomic E-state index is 14.8. The number of nitrogens with zero attached hydrogens (tertiary/aromatic N) is 7. The number of aromatic hydroxyl groups is 1. The molecule has 9 nitrogen and oxygen atoms in total. The summed E-state index contributed by atoms with van der Waals surface area (Å²) in [6.45, 7) is 0. The van der Waals surface area contributed by atoms with Crippen molar-refractivity contribution in [1.29, 1.82) is 0 Å². The Bertz CT molecular complexity index is 1040. The Morgan fingerprint density at radius 3 is 2.90 bits per heavy atom. The molecule has 1 saturated heterocycles. The predicted octanol–water partition coefficient (Wildman–Crippen LogP) is 1.27. The number of hydrogen-bond donors (Lipinski definition) is 2. The molecule has 29 heavy (non-hydrogen) atoms. The van der Waals surface area contributed by atoms with Crippen LogP contribution in [0, 0.1) is 0 Å². The highest BCUT2D eigenvalue weighted by molar-refractivity contribution is 5.68. The van der Waals surface area contributed by atoms with Crippen molar-refractivity contribution < 1.29 is 9.50 Å². The topological polar surface area (TPSA) is 105 Å². The van der Waals surface area contributed by atoms with Gasteiger partial charge in [-0.1, -0.05) is 17.4 Å². The van der Waals surface area contributed by atoms with Crippen molar-refractivity contribution in [3.8, 4) is 22.7 Å². The maximum absolute atomic E-state index is 14.8. The lowest BCUT2D eigenvalue weighted by Crippen LogP contribution is -2.56. The third-order valence-electron chi connectivity index (χ3n) is 5.47. The lowest BCUT2D eigenvalue weighted by Gasteiger charge is -2.38. The van der Waals surface area contributed by atoms with Gasteiger partial charge in [-0.2, -0.15) is 0 Å². The van der Waals surface area contributed by atoms with E-state index in [0.29, 0.717) is 29.3 Å². The molecule has 3 aromatic rings. The molecule has 5 rings (SSSR count). The maximum Gasteiger partial charge on any atom is 0.245 e. The number of phenolic OH excluding ortho intramolecular Hbond substituents is 1. The van der Waals surface area contributed by atoms with Crippen molar-refractivity contribution in [2.24, 2.45) is 0 Å². The normalized spacial score (nSPS) is 25.3. The SMILES string of the molecule is CN(c1ncc(-c2ccc(-n3ccnn3)cc2O)nn1)[C@H]1C[C@@H]2C=C[C@@H](N2)[C@@H]1F. The summed E-state index contributed by atoms with van der Waals surface area (Å²) in [7, 11) is 1.78. The molecule has 4 atom stereocenters. The van der Waals surface area contributed by atoms with Crippen molar-refractivity contribution in [3.05, 3.63) is 48.9 Å². The van der Waals surface area contributed by atoms with Gasteiger partial charge in [0, 0.05) is 24.7 Å². The Hall–Kier alpha value is -3.40. The number of piperidine rings is 1. The number of rotatable bonds is 4. The summed E-state index contributed by atoms with van der Waals surface area (Å²) in [6.07, 6.45) is 8.26. The fourth-order valence-corrected chi connectivity index (χ4v) is 3.89. The van der Waals surface area contributed by atoms with E-state index in [1.165, 1.54) is 6.20 Å². The van der Waals surface area contributed by atoms with Crippen molar-refractivity contribution in [2.75, 3.05) is 11.9 Å². The number of anilines is 1. The summed E-state index contributed by atoms with van der Waals surface area (Å²) in [5.74, 6) is 0.376. The molecule has 0 spiro atoms. The van der Waals surface area contributed by atoms with Crippen LogP contribution in [0.3, 0.4) is 0 Å². The van der Waals surface area contributed by atoms with E-state index in [-0.39, 0.29) is 23.9 Å². The lowest BCUT2D eigenvalue weighted by atomic mass is 9.96. The number of fused-ring (bicyclic) bond motifs is 2. The molecule has 2 aliphatic rings. The number of nitrogens with one attached hydrogen (secondary N) is 1. The average Bonchev–Trinajstić information content (AvgIpc) is 3.41. The van der Waals surface area contributed by atoms with E-state index < -0.39 is 6.17 Å². The first-order valence-electron chi connectivity index (χ1n) is 9.31. The fourth-order valence-electron chi connectivity index (χ4n) is 3.89. The predicted molar refractivity (Wildman–Crippen MR) is 103 cm³/mol. The van der Waals surface area contributed by atoms with Crippen LogP contribution >= 0.6 is 0 Å². The Balaban J connectivity index is 1.36. The van der Waals surface area contributed by atoms with E-state index in [0.717, 1.165) is 0 Å². The van der Waals surface area contributed by atoms with Gasteiger partial charge in [0.1, 0.15) is 17.6 Å². The Morgan fingerprint density at radius 2 is 2.17 bits per heavy atom. The van der Waals surface area contributed by atoms with E-state index in [9.17, 15) is 9.50 Å². The number of halogens is 1. The smallest absolute Gasteiger partial charge is 0.245 e. The first kappa shape index (κ1) is 17.7. The summed E-state index contributed by atoms with van der Waals surface area (Å²) >= 11 is 0. The molecular formula is C19H19FN8O. The molecule has 0 amide bonds. The van der Waals surface area contributed by atoms with Crippen LogP contribution in [0.15, 0.2) is 48.9 Å². The molecule has 2 N–H and O–H groups in total. The zero-order valence-electron chi connectivity index (χ0n) is 15.6. The van der Waals surface area contributed by atoms with E-state index in [4.69, 9.17) is 0 Å². The average molecular weight is 394 g/mol. The zero-order valence-corrected chi connectivity index (χ0v) is 15.6. The van der Waals surface area contributed by atoms with Gasteiger partial charge in [0.25, 0.3) is 0 Å². The number of hydrogen-bond acceptors (Lipinski definition) is 8. The molecule has 2 bridgehead atoms. The van der Waals surface area contributed by atoms with Crippen LogP contribution in [0.4, 0.5) is 10.3 Å². The van der Waals surface area contributed by atoms with Crippen LogP contribution < -0.4 is 10.2 Å². The minimum Gasteiger partial charge on any atom is -0.507 e. The van der Waals surface area contributed by atoms with Crippen LogP contribution in [-0.4, -0.2) is 66.6 Å². The molecule has 0 radical (unpaired) electrons. The van der Waals surface area contributed by atoms with Gasteiger partial charge in [-0.25, -0.2) is 14.1 Å². The van der Waals surface area contributed by atoms with Gasteiger partial charge in [0.05, 0.1) is 36.4 Å². The van der Waals surface area contributed by atoms with Gasteiger partial charge in [-0.3, -0.25) is 0 Å². The minimum absolute atomic E-state index is 0.0278. The largest absolute Gasteiger partial charge is 0.507 e. The number of benzene rings is 1. The molecule has 0 aliphatic carbocycles. The third-order valence-corrected chi connectivity index (χ3v) is 5.47. The standard InChI is InChI=1S/C19H19FN8O/c1-27(16-8-11-2-5-14(23-11)18(16)20)19-21-10-15(24-25-19)13-4-3-12(9-17(13)29)28-7-6-22-26-28/h2-7,9-11,14,16,18,23,29H,8H2,1H3/t11-,14+,16-,18-/m0/s1. The summed E-state index contributed by atoms with van der Waals surface area (Å²) in [6, 6.07) is 4.65. The van der Waals surface area contributed by atoms with Gasteiger partial charge >= 0.3 is 0 Å². The van der Waals surface area contributed by atoms with Gasteiger partial charge in [0.2, 0.25) is 5.95 Å². The monoisotopic (exact) mass is 394 g/mol. The Kier molecular flexibility index (Phi) is 4.20. The van der Waals surface area contributed by atoms with Crippen molar-refractivity contribution in [3.63, 3.8) is 0 Å². The lowest BCUT2D eigenvalue weighted by molar-refractivity contribution is 0.186. The zero-order chi connectivity index (χ0) is 20.0. The molecule has 0 unspecified atom stereocenters. The van der Waals surface area contributed by atoms with E-state index >= 15 is 0 Å². The third kappa shape index (κ3) is 3.11. The van der Waals surface area contributed by atoms with Crippen LogP contribution in [0.25, 0.3) is 16.9 Å². The van der Waals surface area contributed by atoms with Crippen LogP contribution in [0.1, 0.15) is 6.42 Å². The van der Waals surface area contributed by atoms with Crippen molar-refractivity contribution in [2.45, 2.75) is 30.7 Å². The highest BCUT2D eigenvalue weighted by Crippen LogP contribution is 2.31. The summed E-state index contributed by atoms with van der Waals surface area (Å²) in [5.41, 5.74) is 1.59. The molecule has 1 aromatic carbocycles. The summed E-state index contributed by atoms with van der Waals surface area (Å²) in [5, 5.41) is 29.6. The Labute approximate surface area is 165 Å². The van der Waals surface area contributed by atoms with E-state index in [2.05, 4.69) is 30.8 Å². The molecule has 0 saturated carbocycles. The van der Waals surface area contributed by atoms with Gasteiger partial charge in [-0.05, 0) is 18.6 Å². The molecule has 1 fully saturated rings. The van der Waals surface area contributed by atoms with Crippen LogP contribution in [0.5, 0.6) is 5.75 Å². The number of phenols is 1. The fraction of sp³-hybridized carbons (Fsp3) is 0.316. The first-order valence-corrected chi connectivity index (χ1v) is 9.31.